The topological polar surface area (TPSA) is 68.4 Å². The van der Waals surface area contributed by atoms with Crippen molar-refractivity contribution in [2.75, 3.05) is 0 Å². The molecule has 0 aliphatic rings. The molecule has 2 heterocycles. The molecule has 0 bridgehead atoms. The van der Waals surface area contributed by atoms with E-state index in [1.165, 1.54) is 6.20 Å². The minimum absolute atomic E-state index is 0.0230. The Labute approximate surface area is 143 Å². The molecule has 2 aromatic rings. The van der Waals surface area contributed by atoms with Crippen molar-refractivity contribution in [3.05, 3.63) is 35.2 Å². The zero-order chi connectivity index (χ0) is 18.1. The molecule has 132 valence electrons. The van der Waals surface area contributed by atoms with E-state index in [1.54, 1.807) is 13.0 Å². The third-order valence-corrected chi connectivity index (χ3v) is 9.21. The lowest BCUT2D eigenvalue weighted by molar-refractivity contribution is 0.229. The van der Waals surface area contributed by atoms with Crippen LogP contribution in [0.1, 0.15) is 37.8 Å². The number of aliphatic hydroxyl groups is 1. The molecule has 0 fully saturated rings. The molecule has 0 aromatic carbocycles. The number of halogens is 1. The molecular formula is C17H25FN2O3Si. The molecular weight excluding hydrogens is 327 g/mol. The number of aliphatic hydroxyl groups excluding tert-OH is 1. The van der Waals surface area contributed by atoms with Gasteiger partial charge in [-0.15, -0.1) is 0 Å². The molecule has 0 amide bonds. The van der Waals surface area contributed by atoms with Gasteiger partial charge in [-0.3, -0.25) is 0 Å². The van der Waals surface area contributed by atoms with Crippen molar-refractivity contribution in [3.63, 3.8) is 0 Å². The molecule has 2 aromatic heterocycles. The maximum absolute atomic E-state index is 14.4. The lowest BCUT2D eigenvalue weighted by Gasteiger charge is -2.36. The Morgan fingerprint density at radius 2 is 2.00 bits per heavy atom. The summed E-state index contributed by atoms with van der Waals surface area (Å²) in [5.41, 5.74) is 2.16. The van der Waals surface area contributed by atoms with Crippen molar-refractivity contribution >= 4 is 8.32 Å². The van der Waals surface area contributed by atoms with Crippen molar-refractivity contribution in [1.82, 2.24) is 10.1 Å². The minimum atomic E-state index is -2.04. The fraction of sp³-hybridized carbons (Fsp3) is 0.529. The first-order valence-corrected chi connectivity index (χ1v) is 10.8. The van der Waals surface area contributed by atoms with Gasteiger partial charge in [0, 0.05) is 11.8 Å². The lowest BCUT2D eigenvalue weighted by atomic mass is 10.0. The number of nitrogens with zero attached hydrogens (tertiary/aromatic N) is 2. The van der Waals surface area contributed by atoms with Gasteiger partial charge in [0.2, 0.25) is 5.95 Å². The van der Waals surface area contributed by atoms with E-state index in [1.807, 2.05) is 0 Å². The second-order valence-electron chi connectivity index (χ2n) is 7.40. The number of aryl methyl sites for hydroxylation is 1. The highest BCUT2D eigenvalue weighted by Gasteiger charge is 2.37. The highest BCUT2D eigenvalue weighted by Crippen LogP contribution is 2.38. The molecule has 24 heavy (non-hydrogen) atoms. The quantitative estimate of drug-likeness (QED) is 0.645. The summed E-state index contributed by atoms with van der Waals surface area (Å²) in [7, 11) is -2.04. The Kier molecular flexibility index (Phi) is 5.27. The molecule has 7 heteroatoms. The van der Waals surface area contributed by atoms with E-state index in [-0.39, 0.29) is 18.3 Å². The van der Waals surface area contributed by atoms with Crippen LogP contribution < -0.4 is 0 Å². The Morgan fingerprint density at radius 3 is 2.58 bits per heavy atom. The minimum Gasteiger partial charge on any atom is -0.412 e. The zero-order valence-electron chi connectivity index (χ0n) is 15.1. The number of hydrogen-bond acceptors (Lipinski definition) is 5. The Morgan fingerprint density at radius 1 is 1.33 bits per heavy atom. The van der Waals surface area contributed by atoms with Gasteiger partial charge in [0.15, 0.2) is 14.1 Å². The SMILES string of the molecule is Cc1noc(CO)c1-c1ccnc(F)c1CO[Si](C)(C)C(C)(C)C. The zero-order valence-corrected chi connectivity index (χ0v) is 16.1. The van der Waals surface area contributed by atoms with E-state index < -0.39 is 14.3 Å². The smallest absolute Gasteiger partial charge is 0.218 e. The highest BCUT2D eigenvalue weighted by molar-refractivity contribution is 6.74. The van der Waals surface area contributed by atoms with Crippen LogP contribution in [0.5, 0.6) is 0 Å². The summed E-state index contributed by atoms with van der Waals surface area (Å²) in [4.78, 5) is 3.75. The van der Waals surface area contributed by atoms with Crippen LogP contribution >= 0.6 is 0 Å². The van der Waals surface area contributed by atoms with Crippen LogP contribution in [-0.4, -0.2) is 23.6 Å². The fourth-order valence-electron chi connectivity index (χ4n) is 2.18. The Hall–Kier alpha value is -1.57. The molecule has 0 unspecified atom stereocenters. The monoisotopic (exact) mass is 352 g/mol. The highest BCUT2D eigenvalue weighted by atomic mass is 28.4. The second-order valence-corrected chi connectivity index (χ2v) is 12.2. The number of aromatic nitrogens is 2. The van der Waals surface area contributed by atoms with Crippen LogP contribution in [0.2, 0.25) is 18.1 Å². The summed E-state index contributed by atoms with van der Waals surface area (Å²) in [5.74, 6) is -0.262. The van der Waals surface area contributed by atoms with Gasteiger partial charge in [-0.1, -0.05) is 25.9 Å². The number of pyridine rings is 1. The third-order valence-electron chi connectivity index (χ3n) is 4.73. The van der Waals surface area contributed by atoms with E-state index in [9.17, 15) is 9.50 Å². The molecule has 0 aliphatic heterocycles. The van der Waals surface area contributed by atoms with Crippen molar-refractivity contribution in [1.29, 1.82) is 0 Å². The van der Waals surface area contributed by atoms with Crippen LogP contribution in [0.15, 0.2) is 16.8 Å². The van der Waals surface area contributed by atoms with Crippen LogP contribution in [0.3, 0.4) is 0 Å². The molecule has 1 N–H and O–H groups in total. The number of hydrogen-bond donors (Lipinski definition) is 1. The average molecular weight is 352 g/mol. The van der Waals surface area contributed by atoms with Gasteiger partial charge in [0.05, 0.1) is 17.9 Å². The molecule has 0 atom stereocenters. The van der Waals surface area contributed by atoms with Gasteiger partial charge < -0.3 is 14.1 Å². The van der Waals surface area contributed by atoms with Crippen LogP contribution in [0.25, 0.3) is 11.1 Å². The van der Waals surface area contributed by atoms with E-state index in [0.717, 1.165) is 0 Å². The fourth-order valence-corrected chi connectivity index (χ4v) is 3.12. The van der Waals surface area contributed by atoms with E-state index in [4.69, 9.17) is 8.95 Å². The van der Waals surface area contributed by atoms with E-state index in [2.05, 4.69) is 44.0 Å². The summed E-state index contributed by atoms with van der Waals surface area (Å²) in [6.07, 6.45) is 1.40. The maximum Gasteiger partial charge on any atom is 0.218 e. The molecule has 0 spiro atoms. The Bertz CT molecular complexity index is 723. The molecule has 0 aliphatic carbocycles. The largest absolute Gasteiger partial charge is 0.412 e. The summed E-state index contributed by atoms with van der Waals surface area (Å²) < 4.78 is 25.7. The lowest BCUT2D eigenvalue weighted by Crippen LogP contribution is -2.40. The summed E-state index contributed by atoms with van der Waals surface area (Å²) in [6, 6.07) is 1.70. The molecule has 2 rings (SSSR count). The summed E-state index contributed by atoms with van der Waals surface area (Å²) in [5, 5.41) is 13.3. The van der Waals surface area contributed by atoms with Crippen molar-refractivity contribution in [3.8, 4) is 11.1 Å². The average Bonchev–Trinajstić information content (AvgIpc) is 2.85. The van der Waals surface area contributed by atoms with Gasteiger partial charge in [-0.05, 0) is 36.7 Å². The molecule has 0 saturated carbocycles. The normalized spacial score (nSPS) is 12.7. The van der Waals surface area contributed by atoms with Gasteiger partial charge in [0.25, 0.3) is 0 Å². The Balaban J connectivity index is 2.43. The van der Waals surface area contributed by atoms with Crippen LogP contribution in [0.4, 0.5) is 4.39 Å². The standard InChI is InChI=1S/C17H25FN2O3Si/c1-11-15(14(9-21)23-20-11)12-7-8-19-16(18)13(12)10-22-24(5,6)17(2,3)4/h7-8,21H,9-10H2,1-6H3. The summed E-state index contributed by atoms with van der Waals surface area (Å²) >= 11 is 0. The summed E-state index contributed by atoms with van der Waals surface area (Å²) in [6.45, 7) is 12.2. The second kappa shape index (κ2) is 6.74. The van der Waals surface area contributed by atoms with Gasteiger partial charge >= 0.3 is 0 Å². The predicted molar refractivity (Wildman–Crippen MR) is 92.3 cm³/mol. The first kappa shape index (κ1) is 18.8. The molecule has 5 nitrogen and oxygen atoms in total. The maximum atomic E-state index is 14.4. The van der Waals surface area contributed by atoms with Crippen LogP contribution in [-0.2, 0) is 17.6 Å². The van der Waals surface area contributed by atoms with Gasteiger partial charge in [-0.25, -0.2) is 4.98 Å². The molecule has 0 saturated heterocycles. The molecule has 0 radical (unpaired) electrons. The third kappa shape index (κ3) is 3.58. The van der Waals surface area contributed by atoms with Crippen LogP contribution in [0, 0.1) is 12.9 Å². The van der Waals surface area contributed by atoms with Gasteiger partial charge in [0.1, 0.15) is 6.61 Å². The van der Waals surface area contributed by atoms with E-state index >= 15 is 0 Å². The number of rotatable bonds is 5. The van der Waals surface area contributed by atoms with Crippen molar-refractivity contribution in [2.45, 2.75) is 59.0 Å². The first-order valence-electron chi connectivity index (χ1n) is 7.92. The van der Waals surface area contributed by atoms with Gasteiger partial charge in [-0.2, -0.15) is 4.39 Å². The van der Waals surface area contributed by atoms with E-state index in [0.29, 0.717) is 28.1 Å². The van der Waals surface area contributed by atoms with Crippen molar-refractivity contribution in [2.24, 2.45) is 0 Å². The predicted octanol–water partition coefficient (Wildman–Crippen LogP) is 4.20. The first-order chi connectivity index (χ1) is 11.1. The van der Waals surface area contributed by atoms with Crippen molar-refractivity contribution < 1.29 is 18.4 Å².